The first kappa shape index (κ1) is 15.1. The van der Waals surface area contributed by atoms with Gasteiger partial charge >= 0.3 is 0 Å². The van der Waals surface area contributed by atoms with E-state index in [2.05, 4.69) is 17.1 Å². The molecule has 0 saturated carbocycles. The van der Waals surface area contributed by atoms with Crippen LogP contribution >= 0.6 is 11.6 Å². The van der Waals surface area contributed by atoms with Crippen molar-refractivity contribution in [1.82, 2.24) is 4.90 Å². The van der Waals surface area contributed by atoms with Crippen LogP contribution in [0.2, 0.25) is 5.02 Å². The van der Waals surface area contributed by atoms with Crippen molar-refractivity contribution in [3.8, 4) is 0 Å². The zero-order valence-corrected chi connectivity index (χ0v) is 12.4. The molecule has 1 heterocycles. The summed E-state index contributed by atoms with van der Waals surface area (Å²) in [6.07, 6.45) is 3.78. The van der Waals surface area contributed by atoms with E-state index in [4.69, 9.17) is 11.6 Å². The summed E-state index contributed by atoms with van der Waals surface area (Å²) in [6, 6.07) is 4.95. The van der Waals surface area contributed by atoms with Crippen LogP contribution in [0.25, 0.3) is 0 Å². The van der Waals surface area contributed by atoms with Gasteiger partial charge in [-0.1, -0.05) is 18.0 Å². The standard InChI is InChI=1S/C14H20ClN3O2/c1-11(17-7-3-2-4-8-17)10-16-13-9-12(15)5-6-14(13)18(19)20/h5-6,9,11,16H,2-4,7-8,10H2,1H3. The van der Waals surface area contributed by atoms with Crippen molar-refractivity contribution in [2.45, 2.75) is 32.2 Å². The number of benzene rings is 1. The van der Waals surface area contributed by atoms with Gasteiger partial charge in [0.15, 0.2) is 0 Å². The third kappa shape index (κ3) is 3.84. The molecule has 0 aromatic heterocycles. The number of nitrogens with zero attached hydrogens (tertiary/aromatic N) is 2. The number of piperidine rings is 1. The van der Waals surface area contributed by atoms with E-state index >= 15 is 0 Å². The lowest BCUT2D eigenvalue weighted by Gasteiger charge is -2.32. The normalized spacial score (nSPS) is 17.7. The zero-order chi connectivity index (χ0) is 14.5. The summed E-state index contributed by atoms with van der Waals surface area (Å²) in [5.74, 6) is 0. The Hall–Kier alpha value is -1.33. The van der Waals surface area contributed by atoms with Crippen LogP contribution in [0.15, 0.2) is 18.2 Å². The second-order valence-electron chi connectivity index (χ2n) is 5.25. The summed E-state index contributed by atoms with van der Waals surface area (Å²) >= 11 is 5.91. The first-order chi connectivity index (χ1) is 9.58. The predicted molar refractivity (Wildman–Crippen MR) is 81.5 cm³/mol. The molecule has 6 heteroatoms. The molecule has 1 aromatic rings. The Morgan fingerprint density at radius 3 is 2.75 bits per heavy atom. The van der Waals surface area contributed by atoms with E-state index in [-0.39, 0.29) is 10.6 Å². The number of likely N-dealkylation sites (tertiary alicyclic amines) is 1. The third-order valence-electron chi connectivity index (χ3n) is 3.76. The molecule has 1 fully saturated rings. The van der Waals surface area contributed by atoms with Crippen LogP contribution in [0.3, 0.4) is 0 Å². The van der Waals surface area contributed by atoms with Crippen molar-refractivity contribution in [3.05, 3.63) is 33.3 Å². The molecular formula is C14H20ClN3O2. The molecule has 0 radical (unpaired) electrons. The average Bonchev–Trinajstić information content (AvgIpc) is 2.45. The number of nitro groups is 1. The summed E-state index contributed by atoms with van der Waals surface area (Å²) in [4.78, 5) is 13.0. The summed E-state index contributed by atoms with van der Waals surface area (Å²) < 4.78 is 0. The lowest BCUT2D eigenvalue weighted by atomic mass is 10.1. The highest BCUT2D eigenvalue weighted by molar-refractivity contribution is 6.31. The molecular weight excluding hydrogens is 278 g/mol. The Morgan fingerprint density at radius 2 is 2.10 bits per heavy atom. The van der Waals surface area contributed by atoms with E-state index in [0.717, 1.165) is 13.1 Å². The van der Waals surface area contributed by atoms with E-state index < -0.39 is 0 Å². The second-order valence-corrected chi connectivity index (χ2v) is 5.68. The summed E-state index contributed by atoms with van der Waals surface area (Å²) in [5.41, 5.74) is 0.562. The van der Waals surface area contributed by atoms with E-state index in [1.807, 2.05) is 0 Å². The van der Waals surface area contributed by atoms with Gasteiger partial charge in [0.2, 0.25) is 0 Å². The fourth-order valence-electron chi connectivity index (χ4n) is 2.55. The quantitative estimate of drug-likeness (QED) is 0.667. The smallest absolute Gasteiger partial charge is 0.292 e. The molecule has 1 aliphatic heterocycles. The van der Waals surface area contributed by atoms with Crippen LogP contribution in [0.4, 0.5) is 11.4 Å². The van der Waals surface area contributed by atoms with Gasteiger partial charge in [0, 0.05) is 23.7 Å². The van der Waals surface area contributed by atoms with E-state index in [1.165, 1.54) is 25.3 Å². The first-order valence-corrected chi connectivity index (χ1v) is 7.37. The first-order valence-electron chi connectivity index (χ1n) is 7.00. The fraction of sp³-hybridized carbons (Fsp3) is 0.571. The van der Waals surface area contributed by atoms with Gasteiger partial charge in [0.25, 0.3) is 5.69 Å². The molecule has 1 N–H and O–H groups in total. The van der Waals surface area contributed by atoms with Crippen molar-refractivity contribution >= 4 is 23.0 Å². The maximum atomic E-state index is 11.0. The van der Waals surface area contributed by atoms with E-state index in [9.17, 15) is 10.1 Å². The second kappa shape index (κ2) is 6.90. The molecule has 20 heavy (non-hydrogen) atoms. The number of nitro benzene ring substituents is 1. The Bertz CT molecular complexity index is 475. The Morgan fingerprint density at radius 1 is 1.40 bits per heavy atom. The van der Waals surface area contributed by atoms with Crippen molar-refractivity contribution in [2.75, 3.05) is 25.0 Å². The van der Waals surface area contributed by atoms with Crippen LogP contribution in [-0.4, -0.2) is 35.5 Å². The largest absolute Gasteiger partial charge is 0.378 e. The molecule has 1 unspecified atom stereocenters. The minimum Gasteiger partial charge on any atom is -0.378 e. The molecule has 1 aliphatic rings. The van der Waals surface area contributed by atoms with Crippen LogP contribution in [-0.2, 0) is 0 Å². The van der Waals surface area contributed by atoms with E-state index in [1.54, 1.807) is 12.1 Å². The minimum absolute atomic E-state index is 0.0697. The predicted octanol–water partition coefficient (Wildman–Crippen LogP) is 3.53. The molecule has 2 rings (SSSR count). The number of hydrogen-bond donors (Lipinski definition) is 1. The molecule has 5 nitrogen and oxygen atoms in total. The molecule has 1 atom stereocenters. The van der Waals surface area contributed by atoms with Crippen LogP contribution in [0, 0.1) is 10.1 Å². The number of hydrogen-bond acceptors (Lipinski definition) is 4. The summed E-state index contributed by atoms with van der Waals surface area (Å²) in [7, 11) is 0. The van der Waals surface area contributed by atoms with Crippen molar-refractivity contribution < 1.29 is 4.92 Å². The van der Waals surface area contributed by atoms with Gasteiger partial charge in [0.1, 0.15) is 5.69 Å². The highest BCUT2D eigenvalue weighted by Crippen LogP contribution is 2.27. The Kier molecular flexibility index (Phi) is 5.20. The Labute approximate surface area is 124 Å². The van der Waals surface area contributed by atoms with E-state index in [0.29, 0.717) is 23.3 Å². The van der Waals surface area contributed by atoms with Crippen molar-refractivity contribution in [1.29, 1.82) is 0 Å². The SMILES string of the molecule is CC(CNc1cc(Cl)ccc1[N+](=O)[O-])N1CCCCC1. The van der Waals surface area contributed by atoms with Gasteiger partial charge < -0.3 is 5.32 Å². The monoisotopic (exact) mass is 297 g/mol. The maximum absolute atomic E-state index is 11.0. The maximum Gasteiger partial charge on any atom is 0.292 e. The molecule has 1 aromatic carbocycles. The van der Waals surface area contributed by atoms with Crippen LogP contribution in [0.1, 0.15) is 26.2 Å². The lowest BCUT2D eigenvalue weighted by molar-refractivity contribution is -0.384. The molecule has 0 bridgehead atoms. The zero-order valence-electron chi connectivity index (χ0n) is 11.6. The van der Waals surface area contributed by atoms with Crippen molar-refractivity contribution in [3.63, 3.8) is 0 Å². The topological polar surface area (TPSA) is 58.4 Å². The number of rotatable bonds is 5. The highest BCUT2D eigenvalue weighted by Gasteiger charge is 2.18. The van der Waals surface area contributed by atoms with Gasteiger partial charge in [0.05, 0.1) is 4.92 Å². The van der Waals surface area contributed by atoms with Gasteiger partial charge in [-0.25, -0.2) is 0 Å². The van der Waals surface area contributed by atoms with Gasteiger partial charge in [-0.2, -0.15) is 0 Å². The van der Waals surface area contributed by atoms with Gasteiger partial charge in [-0.3, -0.25) is 15.0 Å². The lowest BCUT2D eigenvalue weighted by Crippen LogP contribution is -2.41. The molecule has 1 saturated heterocycles. The molecule has 0 amide bonds. The fourth-order valence-corrected chi connectivity index (χ4v) is 2.73. The number of anilines is 1. The highest BCUT2D eigenvalue weighted by atomic mass is 35.5. The van der Waals surface area contributed by atoms with Crippen LogP contribution < -0.4 is 5.32 Å². The minimum atomic E-state index is -0.385. The third-order valence-corrected chi connectivity index (χ3v) is 3.99. The molecule has 0 aliphatic carbocycles. The average molecular weight is 298 g/mol. The van der Waals surface area contributed by atoms with Crippen molar-refractivity contribution in [2.24, 2.45) is 0 Å². The summed E-state index contributed by atoms with van der Waals surface area (Å²) in [6.45, 7) is 5.05. The Balaban J connectivity index is 1.99. The molecule has 0 spiro atoms. The van der Waals surface area contributed by atoms with Crippen LogP contribution in [0.5, 0.6) is 0 Å². The summed E-state index contributed by atoms with van der Waals surface area (Å²) in [5, 5.41) is 14.7. The number of halogens is 1. The molecule has 110 valence electrons. The number of nitrogens with one attached hydrogen (secondary N) is 1. The van der Waals surface area contributed by atoms with Gasteiger partial charge in [-0.05, 0) is 45.0 Å². The van der Waals surface area contributed by atoms with Gasteiger partial charge in [-0.15, -0.1) is 0 Å².